The Kier molecular flexibility index (Phi) is 7.35. The number of methoxy groups -OCH3 is 1. The number of nitrogens with one attached hydrogen (secondary N) is 1. The van der Waals surface area contributed by atoms with E-state index >= 15 is 0 Å². The van der Waals surface area contributed by atoms with Crippen LogP contribution in [0, 0.1) is 5.82 Å². The molecule has 0 saturated carbocycles. The molecule has 0 spiro atoms. The van der Waals surface area contributed by atoms with Crippen LogP contribution in [0.1, 0.15) is 18.4 Å². The second-order valence-electron chi connectivity index (χ2n) is 6.49. The Balaban J connectivity index is 1.82. The number of thiocarbonyl (C=S) groups is 1. The molecule has 4 nitrogen and oxygen atoms in total. The number of nitrogens with zero attached hydrogens (tertiary/aromatic N) is 1. The molecular weight excluding hydrogens is 422 g/mol. The van der Waals surface area contributed by atoms with Gasteiger partial charge in [0.05, 0.1) is 18.9 Å². The first-order valence-corrected chi connectivity index (χ1v) is 10.1. The van der Waals surface area contributed by atoms with Crippen molar-refractivity contribution >= 4 is 46.2 Å². The first kappa shape index (κ1) is 21.1. The Hall–Kier alpha value is -1.60. The molecule has 0 aromatic heterocycles. The van der Waals surface area contributed by atoms with Gasteiger partial charge in [0.1, 0.15) is 11.6 Å². The van der Waals surface area contributed by atoms with Gasteiger partial charge in [0.25, 0.3) is 0 Å². The Bertz CT molecular complexity index is 827. The Morgan fingerprint density at radius 2 is 2.18 bits per heavy atom. The number of hydrogen-bond donors (Lipinski definition) is 1. The third-order valence-electron chi connectivity index (χ3n) is 4.55. The lowest BCUT2D eigenvalue weighted by atomic mass is 10.1. The van der Waals surface area contributed by atoms with Crippen LogP contribution in [0.3, 0.4) is 0 Å². The molecule has 0 amide bonds. The van der Waals surface area contributed by atoms with Crippen molar-refractivity contribution in [2.45, 2.75) is 25.5 Å². The van der Waals surface area contributed by atoms with Crippen molar-refractivity contribution in [2.75, 3.05) is 25.6 Å². The highest BCUT2D eigenvalue weighted by Gasteiger charge is 2.23. The maximum atomic E-state index is 14.3. The van der Waals surface area contributed by atoms with Gasteiger partial charge in [-0.25, -0.2) is 4.39 Å². The van der Waals surface area contributed by atoms with E-state index in [1.807, 2.05) is 4.90 Å². The smallest absolute Gasteiger partial charge is 0.173 e. The number of hydrogen-bond acceptors (Lipinski definition) is 3. The molecule has 0 aliphatic carbocycles. The SMILES string of the molecule is COc1cc(Cl)ccc1NC(=S)N(Cc1c(F)cccc1Cl)C[C@@H]1CCCO1. The monoisotopic (exact) mass is 442 g/mol. The highest BCUT2D eigenvalue weighted by Crippen LogP contribution is 2.29. The maximum Gasteiger partial charge on any atom is 0.173 e. The molecule has 1 aliphatic heterocycles. The summed E-state index contributed by atoms with van der Waals surface area (Å²) >= 11 is 17.9. The van der Waals surface area contributed by atoms with Crippen molar-refractivity contribution in [1.82, 2.24) is 4.90 Å². The van der Waals surface area contributed by atoms with E-state index in [1.165, 1.54) is 6.07 Å². The molecule has 0 unspecified atom stereocenters. The number of halogens is 3. The van der Waals surface area contributed by atoms with Crippen LogP contribution in [0.5, 0.6) is 5.75 Å². The fraction of sp³-hybridized carbons (Fsp3) is 0.350. The first-order chi connectivity index (χ1) is 13.5. The summed E-state index contributed by atoms with van der Waals surface area (Å²) in [5, 5.41) is 4.52. The van der Waals surface area contributed by atoms with Gasteiger partial charge in [0.15, 0.2) is 5.11 Å². The van der Waals surface area contributed by atoms with Crippen LogP contribution in [0.2, 0.25) is 10.0 Å². The topological polar surface area (TPSA) is 33.7 Å². The van der Waals surface area contributed by atoms with E-state index < -0.39 is 0 Å². The summed E-state index contributed by atoms with van der Waals surface area (Å²) in [6.45, 7) is 1.49. The molecule has 1 N–H and O–H groups in total. The lowest BCUT2D eigenvalue weighted by Crippen LogP contribution is -2.39. The number of anilines is 1. The van der Waals surface area contributed by atoms with Gasteiger partial charge in [0, 0.05) is 41.4 Å². The first-order valence-electron chi connectivity index (χ1n) is 8.92. The van der Waals surface area contributed by atoms with Crippen LogP contribution >= 0.6 is 35.4 Å². The van der Waals surface area contributed by atoms with Gasteiger partial charge in [-0.15, -0.1) is 0 Å². The number of rotatable bonds is 6. The van der Waals surface area contributed by atoms with Gasteiger partial charge < -0.3 is 19.7 Å². The summed E-state index contributed by atoms with van der Waals surface area (Å²) in [5.41, 5.74) is 1.07. The average Bonchev–Trinajstić information content (AvgIpc) is 3.18. The minimum atomic E-state index is -0.364. The summed E-state index contributed by atoms with van der Waals surface area (Å²) in [5.74, 6) is 0.201. The molecule has 1 fully saturated rings. The highest BCUT2D eigenvalue weighted by atomic mass is 35.5. The van der Waals surface area contributed by atoms with Crippen molar-refractivity contribution < 1.29 is 13.9 Å². The van der Waals surface area contributed by atoms with E-state index in [2.05, 4.69) is 5.32 Å². The van der Waals surface area contributed by atoms with E-state index in [4.69, 9.17) is 44.9 Å². The number of benzene rings is 2. The molecule has 2 aromatic rings. The average molecular weight is 443 g/mol. The van der Waals surface area contributed by atoms with Crippen molar-refractivity contribution in [3.63, 3.8) is 0 Å². The summed E-state index contributed by atoms with van der Waals surface area (Å²) in [4.78, 5) is 1.86. The van der Waals surface area contributed by atoms with Crippen LogP contribution in [-0.4, -0.2) is 36.4 Å². The van der Waals surface area contributed by atoms with Gasteiger partial charge in [0.2, 0.25) is 0 Å². The minimum absolute atomic E-state index is 0.0393. The molecule has 3 rings (SSSR count). The van der Waals surface area contributed by atoms with E-state index in [0.29, 0.717) is 38.7 Å². The third kappa shape index (κ3) is 5.26. The summed E-state index contributed by atoms with van der Waals surface area (Å²) < 4.78 is 25.4. The molecule has 2 aromatic carbocycles. The molecule has 1 heterocycles. The van der Waals surface area contributed by atoms with E-state index in [9.17, 15) is 4.39 Å². The highest BCUT2D eigenvalue weighted by molar-refractivity contribution is 7.80. The Labute approximate surface area is 179 Å². The van der Waals surface area contributed by atoms with Gasteiger partial charge in [-0.2, -0.15) is 0 Å². The fourth-order valence-corrected chi connectivity index (χ4v) is 3.72. The third-order valence-corrected chi connectivity index (χ3v) is 5.50. The Morgan fingerprint density at radius 3 is 2.86 bits per heavy atom. The molecule has 28 heavy (non-hydrogen) atoms. The standard InChI is InChI=1S/C20H21Cl2FN2O2S/c1-26-19-10-13(21)7-8-18(19)24-20(28)25(11-14-4-3-9-27-14)12-15-16(22)5-2-6-17(15)23/h2,5-8,10,14H,3-4,9,11-12H2,1H3,(H,24,28)/t14-/m0/s1. The molecule has 1 saturated heterocycles. The second kappa shape index (κ2) is 9.74. The zero-order valence-corrected chi connectivity index (χ0v) is 17.7. The van der Waals surface area contributed by atoms with Crippen molar-refractivity contribution in [3.8, 4) is 5.75 Å². The molecule has 1 aliphatic rings. The molecule has 8 heteroatoms. The molecular formula is C20H21Cl2FN2O2S. The summed E-state index contributed by atoms with van der Waals surface area (Å²) in [7, 11) is 1.56. The van der Waals surface area contributed by atoms with Crippen LogP contribution < -0.4 is 10.1 Å². The van der Waals surface area contributed by atoms with Crippen LogP contribution in [0.4, 0.5) is 10.1 Å². The molecule has 1 atom stereocenters. The maximum absolute atomic E-state index is 14.3. The van der Waals surface area contributed by atoms with Crippen molar-refractivity contribution in [1.29, 1.82) is 0 Å². The predicted octanol–water partition coefficient (Wildman–Crippen LogP) is 5.52. The van der Waals surface area contributed by atoms with E-state index in [1.54, 1.807) is 37.4 Å². The fourth-order valence-electron chi connectivity index (χ4n) is 3.09. The lowest BCUT2D eigenvalue weighted by molar-refractivity contribution is 0.0903. The van der Waals surface area contributed by atoms with E-state index in [0.717, 1.165) is 19.4 Å². The zero-order chi connectivity index (χ0) is 20.1. The van der Waals surface area contributed by atoms with Crippen LogP contribution in [-0.2, 0) is 11.3 Å². The normalized spacial score (nSPS) is 16.1. The van der Waals surface area contributed by atoms with Crippen LogP contribution in [0.15, 0.2) is 36.4 Å². The van der Waals surface area contributed by atoms with Crippen molar-refractivity contribution in [2.24, 2.45) is 0 Å². The second-order valence-corrected chi connectivity index (χ2v) is 7.72. The predicted molar refractivity (Wildman–Crippen MR) is 115 cm³/mol. The quantitative estimate of drug-likeness (QED) is 0.595. The summed E-state index contributed by atoms with van der Waals surface area (Å²) in [6, 6.07) is 9.87. The molecule has 0 bridgehead atoms. The van der Waals surface area contributed by atoms with Gasteiger partial charge in [-0.1, -0.05) is 29.3 Å². The van der Waals surface area contributed by atoms with Gasteiger partial charge in [-0.3, -0.25) is 0 Å². The largest absolute Gasteiger partial charge is 0.495 e. The summed E-state index contributed by atoms with van der Waals surface area (Å²) in [6.07, 6.45) is 1.98. The minimum Gasteiger partial charge on any atom is -0.495 e. The van der Waals surface area contributed by atoms with Crippen LogP contribution in [0.25, 0.3) is 0 Å². The van der Waals surface area contributed by atoms with Gasteiger partial charge >= 0.3 is 0 Å². The van der Waals surface area contributed by atoms with Gasteiger partial charge in [-0.05, 0) is 49.3 Å². The Morgan fingerprint density at radius 1 is 1.36 bits per heavy atom. The lowest BCUT2D eigenvalue weighted by Gasteiger charge is -2.29. The van der Waals surface area contributed by atoms with E-state index in [-0.39, 0.29) is 18.5 Å². The molecule has 0 radical (unpaired) electrons. The van der Waals surface area contributed by atoms with Crippen molar-refractivity contribution in [3.05, 3.63) is 57.8 Å². The number of ether oxygens (including phenoxy) is 2. The zero-order valence-electron chi connectivity index (χ0n) is 15.4. The molecule has 150 valence electrons.